The average molecular weight is 900 g/mol. The minimum atomic E-state index is -1.33. The summed E-state index contributed by atoms with van der Waals surface area (Å²) in [7, 11) is 1.48. The van der Waals surface area contributed by atoms with Crippen LogP contribution in [0.3, 0.4) is 0 Å². The lowest BCUT2D eigenvalue weighted by Crippen LogP contribution is -2.53. The molecule has 2 heterocycles. The van der Waals surface area contributed by atoms with E-state index in [2.05, 4.69) is 57.1 Å². The van der Waals surface area contributed by atoms with Gasteiger partial charge in [-0.3, -0.25) is 24.0 Å². The van der Waals surface area contributed by atoms with Gasteiger partial charge in [-0.15, -0.1) is 0 Å². The molecule has 0 fully saturated rings. The molecule has 0 spiro atoms. The highest BCUT2D eigenvalue weighted by Gasteiger charge is 2.36. The number of H-pyrrole nitrogens is 1. The molecule has 6 rings (SSSR count). The number of carbonyl (C=O) groups is 4. The van der Waals surface area contributed by atoms with Crippen LogP contribution in [0.2, 0.25) is 0 Å². The first-order valence-electron chi connectivity index (χ1n) is 22.5. The predicted molar refractivity (Wildman–Crippen MR) is 254 cm³/mol. The molecule has 10 N–H and O–H groups in total. The molecule has 4 bridgehead atoms. The number of aryl methyl sites for hydroxylation is 1. The van der Waals surface area contributed by atoms with Crippen molar-refractivity contribution >= 4 is 23.6 Å². The van der Waals surface area contributed by atoms with Gasteiger partial charge in [0.15, 0.2) is 0 Å². The van der Waals surface area contributed by atoms with Crippen LogP contribution in [0.4, 0.5) is 0 Å². The van der Waals surface area contributed by atoms with Crippen LogP contribution in [0.5, 0.6) is 11.5 Å². The van der Waals surface area contributed by atoms with E-state index in [0.717, 1.165) is 36.0 Å². The topological polar surface area (TPSA) is 250 Å². The number of benzene rings is 4. The fraction of sp³-hybridized carbons (Fsp3) is 0.360. The molecule has 1 aliphatic heterocycles. The molecule has 4 amide bonds. The molecule has 1 aliphatic rings. The van der Waals surface area contributed by atoms with Crippen molar-refractivity contribution in [2.45, 2.75) is 76.5 Å². The van der Waals surface area contributed by atoms with E-state index in [1.807, 2.05) is 24.3 Å². The summed E-state index contributed by atoms with van der Waals surface area (Å²) in [4.78, 5) is 78.0. The lowest BCUT2D eigenvalue weighted by Gasteiger charge is -2.32. The molecule has 0 saturated carbocycles. The highest BCUT2D eigenvalue weighted by atomic mass is 16.5. The number of fused-ring (bicyclic) bond motifs is 5. The zero-order valence-electron chi connectivity index (χ0n) is 37.8. The average Bonchev–Trinajstić information content (AvgIpc) is 3.33. The van der Waals surface area contributed by atoms with E-state index in [0.29, 0.717) is 40.2 Å². The maximum Gasteiger partial charge on any atom is 0.251 e. The first kappa shape index (κ1) is 48.6. The van der Waals surface area contributed by atoms with Crippen LogP contribution in [0.15, 0.2) is 102 Å². The van der Waals surface area contributed by atoms with Gasteiger partial charge in [0, 0.05) is 49.1 Å². The summed E-state index contributed by atoms with van der Waals surface area (Å²) in [6, 6.07) is 23.1. The molecule has 348 valence electrons. The number of aromatic amines is 1. The molecule has 66 heavy (non-hydrogen) atoms. The zero-order valence-corrected chi connectivity index (χ0v) is 37.8. The van der Waals surface area contributed by atoms with E-state index < -0.39 is 53.4 Å². The molecule has 4 aromatic carbocycles. The Morgan fingerprint density at radius 1 is 0.803 bits per heavy atom. The summed E-state index contributed by atoms with van der Waals surface area (Å²) in [5.41, 5.74) is 23.0. The highest BCUT2D eigenvalue weighted by molar-refractivity contribution is 5.99. The smallest absolute Gasteiger partial charge is 0.251 e. The molecule has 0 aliphatic carbocycles. The first-order chi connectivity index (χ1) is 31.9. The third kappa shape index (κ3) is 12.3. The van der Waals surface area contributed by atoms with Crippen molar-refractivity contribution in [3.8, 4) is 33.8 Å². The first-order valence-corrected chi connectivity index (χ1v) is 22.5. The standard InChI is InChI=1S/C50H61N9O7/c1-4-5-7-32-9-12-34(13-10-32)35-14-16-36(17-15-35)48(62)56-40(8-6-22-51)50(64)59(3)45-37-18-20-43(66-27-24-53)39(30-37)38-28-33(11-19-42(38)65-26-23-52)29-41(46-54-25-21-44(60)58-46)57-47(61)31(2)55-49(45)63/h9-21,25,28,30-31,40-41,45H,4-8,22-24,26-27,29,51-53H2,1-3H3,(H,55,63)(H,56,62)(H,57,61)(H,54,58,60)/t31-,40-,41-,45-/m0/s1. The van der Waals surface area contributed by atoms with Gasteiger partial charge in [0.2, 0.25) is 17.7 Å². The molecule has 16 heteroatoms. The Morgan fingerprint density at radius 3 is 2.09 bits per heavy atom. The summed E-state index contributed by atoms with van der Waals surface area (Å²) in [6.45, 7) is 4.74. The maximum atomic E-state index is 14.8. The number of aromatic nitrogens is 2. The number of nitrogens with two attached hydrogens (primary N) is 3. The molecule has 0 unspecified atom stereocenters. The van der Waals surface area contributed by atoms with Gasteiger partial charge in [-0.25, -0.2) is 4.98 Å². The Kier molecular flexibility index (Phi) is 17.2. The van der Waals surface area contributed by atoms with Crippen molar-refractivity contribution in [3.63, 3.8) is 0 Å². The number of rotatable bonds is 18. The minimum absolute atomic E-state index is 0.170. The normalized spacial score (nSPS) is 16.5. The van der Waals surface area contributed by atoms with Crippen LogP contribution in [-0.4, -0.2) is 90.5 Å². The van der Waals surface area contributed by atoms with E-state index in [-0.39, 0.29) is 51.5 Å². The summed E-state index contributed by atoms with van der Waals surface area (Å²) in [5.74, 6) is -1.20. The summed E-state index contributed by atoms with van der Waals surface area (Å²) < 4.78 is 12.3. The summed E-state index contributed by atoms with van der Waals surface area (Å²) in [6.07, 6.45) is 5.39. The molecule has 1 aromatic heterocycles. The van der Waals surface area contributed by atoms with Gasteiger partial charge >= 0.3 is 0 Å². The molecule has 16 nitrogen and oxygen atoms in total. The summed E-state index contributed by atoms with van der Waals surface area (Å²) >= 11 is 0. The number of unbranched alkanes of at least 4 members (excludes halogenated alkanes) is 1. The van der Waals surface area contributed by atoms with Gasteiger partial charge in [-0.2, -0.15) is 0 Å². The van der Waals surface area contributed by atoms with E-state index >= 15 is 0 Å². The van der Waals surface area contributed by atoms with Crippen molar-refractivity contribution in [2.24, 2.45) is 17.2 Å². The van der Waals surface area contributed by atoms with Crippen LogP contribution in [0, 0.1) is 0 Å². The Balaban J connectivity index is 1.38. The van der Waals surface area contributed by atoms with Gasteiger partial charge < -0.3 is 52.5 Å². The maximum absolute atomic E-state index is 14.8. The Hall–Kier alpha value is -6.88. The van der Waals surface area contributed by atoms with Crippen LogP contribution in [0.1, 0.15) is 84.5 Å². The number of likely N-dealkylation sites (N-methyl/N-ethyl adjacent to an activating group) is 1. The van der Waals surface area contributed by atoms with Crippen molar-refractivity contribution in [1.82, 2.24) is 30.8 Å². The number of carbonyl (C=O) groups excluding carboxylic acids is 4. The van der Waals surface area contributed by atoms with Crippen LogP contribution in [-0.2, 0) is 27.2 Å². The van der Waals surface area contributed by atoms with Crippen LogP contribution < -0.4 is 48.2 Å². The Bertz CT molecular complexity index is 2510. The Morgan fingerprint density at radius 2 is 1.45 bits per heavy atom. The van der Waals surface area contributed by atoms with Gasteiger partial charge in [0.1, 0.15) is 48.7 Å². The van der Waals surface area contributed by atoms with E-state index in [1.54, 1.807) is 36.4 Å². The number of amides is 4. The van der Waals surface area contributed by atoms with Crippen molar-refractivity contribution < 1.29 is 28.7 Å². The Labute approximate surface area is 385 Å². The van der Waals surface area contributed by atoms with Crippen LogP contribution >= 0.6 is 0 Å². The number of ether oxygens (including phenoxy) is 2. The molecule has 4 atom stereocenters. The fourth-order valence-corrected chi connectivity index (χ4v) is 7.90. The van der Waals surface area contributed by atoms with Crippen LogP contribution in [0.25, 0.3) is 22.3 Å². The van der Waals surface area contributed by atoms with E-state index in [1.165, 1.54) is 36.7 Å². The lowest BCUT2D eigenvalue weighted by molar-refractivity contribution is -0.141. The number of nitrogens with one attached hydrogen (secondary N) is 4. The monoisotopic (exact) mass is 899 g/mol. The highest BCUT2D eigenvalue weighted by Crippen LogP contribution is 2.40. The molecule has 5 aromatic rings. The second-order valence-corrected chi connectivity index (χ2v) is 16.4. The molecule has 0 saturated heterocycles. The predicted octanol–water partition coefficient (Wildman–Crippen LogP) is 4.08. The third-order valence-corrected chi connectivity index (χ3v) is 11.5. The SMILES string of the molecule is CCCCc1ccc(-c2ccc(C(=O)N[C@@H](CCCN)C(=O)N(C)[C@@H]3C(=O)N[C@@H](C)C(=O)N[C@H](c4nccc(=O)[nH]4)Cc4ccc(OCCN)c(c4)-c4cc3ccc4OCCN)cc2)cc1. The second kappa shape index (κ2) is 23.3. The molecular weight excluding hydrogens is 839 g/mol. The number of hydrogen-bond donors (Lipinski definition) is 7. The van der Waals surface area contributed by atoms with Gasteiger partial charge in [0.25, 0.3) is 11.5 Å². The van der Waals surface area contributed by atoms with Gasteiger partial charge in [-0.1, -0.05) is 61.9 Å². The van der Waals surface area contributed by atoms with Crippen molar-refractivity contribution in [3.05, 3.63) is 136 Å². The van der Waals surface area contributed by atoms with E-state index in [4.69, 9.17) is 26.7 Å². The zero-order chi connectivity index (χ0) is 47.2. The molecule has 0 radical (unpaired) electrons. The fourth-order valence-electron chi connectivity index (χ4n) is 7.90. The number of hydrogen-bond acceptors (Lipinski definition) is 11. The quantitative estimate of drug-likeness (QED) is 0.0660. The third-order valence-electron chi connectivity index (χ3n) is 11.5. The molecular formula is C50H61N9O7. The van der Waals surface area contributed by atoms with Gasteiger partial charge in [0.05, 0.1) is 6.04 Å². The van der Waals surface area contributed by atoms with E-state index in [9.17, 15) is 24.0 Å². The lowest BCUT2D eigenvalue weighted by atomic mass is 9.93. The van der Waals surface area contributed by atoms with Crippen molar-refractivity contribution in [1.29, 1.82) is 0 Å². The minimum Gasteiger partial charge on any atom is -0.492 e. The largest absolute Gasteiger partial charge is 0.492 e. The number of nitrogens with zero attached hydrogens (tertiary/aromatic N) is 2. The van der Waals surface area contributed by atoms with Crippen molar-refractivity contribution in [2.75, 3.05) is 39.9 Å². The summed E-state index contributed by atoms with van der Waals surface area (Å²) in [5, 5.41) is 8.66. The van der Waals surface area contributed by atoms with Gasteiger partial charge in [-0.05, 0) is 110 Å². The second-order valence-electron chi connectivity index (χ2n) is 16.4.